The monoisotopic (exact) mass is 325 g/mol. The van der Waals surface area contributed by atoms with Crippen molar-refractivity contribution in [1.82, 2.24) is 5.32 Å². The summed E-state index contributed by atoms with van der Waals surface area (Å²) in [5.41, 5.74) is 0.673. The number of nitrogens with one attached hydrogen (secondary N) is 1. The van der Waals surface area contributed by atoms with Gasteiger partial charge in [-0.05, 0) is 56.9 Å². The molecule has 0 bridgehead atoms. The predicted octanol–water partition coefficient (Wildman–Crippen LogP) is 3.38. The van der Waals surface area contributed by atoms with Gasteiger partial charge in [-0.2, -0.15) is 0 Å². The molecule has 0 radical (unpaired) electrons. The zero-order chi connectivity index (χ0) is 13.8. The minimum Gasteiger partial charge on any atom is -0.491 e. The average molecular weight is 326 g/mol. The number of carbonyl (C=O) groups is 1. The molecule has 0 saturated heterocycles. The van der Waals surface area contributed by atoms with E-state index in [1.165, 1.54) is 12.8 Å². The van der Waals surface area contributed by atoms with Gasteiger partial charge >= 0.3 is 0 Å². The Morgan fingerprint density at radius 1 is 1.37 bits per heavy atom. The molecule has 1 saturated carbocycles. The van der Waals surface area contributed by atoms with E-state index >= 15 is 0 Å². The van der Waals surface area contributed by atoms with E-state index in [0.29, 0.717) is 16.9 Å². The van der Waals surface area contributed by atoms with Crippen LogP contribution in [0.15, 0.2) is 24.3 Å². The van der Waals surface area contributed by atoms with Crippen molar-refractivity contribution >= 4 is 21.8 Å². The van der Waals surface area contributed by atoms with Crippen LogP contribution in [0, 0.1) is 5.92 Å². The van der Waals surface area contributed by atoms with Crippen LogP contribution in [0.4, 0.5) is 0 Å². The number of ether oxygens (including phenoxy) is 1. The van der Waals surface area contributed by atoms with Crippen LogP contribution < -0.4 is 10.1 Å². The van der Waals surface area contributed by atoms with E-state index < -0.39 is 0 Å². The summed E-state index contributed by atoms with van der Waals surface area (Å²) in [5, 5.41) is 2.95. The Labute approximate surface area is 122 Å². The van der Waals surface area contributed by atoms with Crippen molar-refractivity contribution in [2.75, 3.05) is 6.54 Å². The van der Waals surface area contributed by atoms with Gasteiger partial charge in [0.2, 0.25) is 0 Å². The SMILES string of the molecule is CC(C)Oc1ccc(C(=O)NCC(Br)C2CC2)cc1. The Balaban J connectivity index is 1.84. The van der Waals surface area contributed by atoms with Crippen molar-refractivity contribution in [1.29, 1.82) is 0 Å². The van der Waals surface area contributed by atoms with E-state index in [1.807, 2.05) is 26.0 Å². The first-order chi connectivity index (χ1) is 9.06. The molecule has 0 aliphatic heterocycles. The molecule has 104 valence electrons. The maximum absolute atomic E-state index is 12.0. The van der Waals surface area contributed by atoms with Gasteiger partial charge in [0.15, 0.2) is 0 Å². The summed E-state index contributed by atoms with van der Waals surface area (Å²) in [6.45, 7) is 4.65. The Hall–Kier alpha value is -1.03. The lowest BCUT2D eigenvalue weighted by molar-refractivity contribution is 0.0953. The Bertz CT molecular complexity index is 426. The van der Waals surface area contributed by atoms with Crippen LogP contribution in [-0.4, -0.2) is 23.4 Å². The molecule has 1 amide bonds. The molecule has 1 aliphatic rings. The molecular weight excluding hydrogens is 306 g/mol. The normalized spacial score (nSPS) is 16.2. The summed E-state index contributed by atoms with van der Waals surface area (Å²) in [6.07, 6.45) is 2.69. The fourth-order valence-electron chi connectivity index (χ4n) is 1.87. The van der Waals surface area contributed by atoms with Gasteiger partial charge in [0.25, 0.3) is 5.91 Å². The van der Waals surface area contributed by atoms with Crippen molar-refractivity contribution in [2.24, 2.45) is 5.92 Å². The lowest BCUT2D eigenvalue weighted by Crippen LogP contribution is -2.30. The molecule has 1 aromatic carbocycles. The lowest BCUT2D eigenvalue weighted by atomic mass is 10.2. The molecule has 3 nitrogen and oxygen atoms in total. The highest BCUT2D eigenvalue weighted by Crippen LogP contribution is 2.36. The molecule has 0 heterocycles. The van der Waals surface area contributed by atoms with Gasteiger partial charge in [0.1, 0.15) is 5.75 Å². The first-order valence-corrected chi connectivity index (χ1v) is 7.67. The number of hydrogen-bond acceptors (Lipinski definition) is 2. The van der Waals surface area contributed by atoms with Gasteiger partial charge in [0.05, 0.1) is 6.10 Å². The molecule has 1 aromatic rings. The highest BCUT2D eigenvalue weighted by atomic mass is 79.9. The molecule has 1 atom stereocenters. The zero-order valence-electron chi connectivity index (χ0n) is 11.4. The molecule has 0 aromatic heterocycles. The summed E-state index contributed by atoms with van der Waals surface area (Å²) in [4.78, 5) is 12.4. The van der Waals surface area contributed by atoms with Crippen molar-refractivity contribution in [3.05, 3.63) is 29.8 Å². The van der Waals surface area contributed by atoms with Crippen molar-refractivity contribution in [2.45, 2.75) is 37.6 Å². The minimum atomic E-state index is -0.0267. The predicted molar refractivity (Wildman–Crippen MR) is 80.0 cm³/mol. The van der Waals surface area contributed by atoms with E-state index in [0.717, 1.165) is 11.7 Å². The molecule has 1 aliphatic carbocycles. The quantitative estimate of drug-likeness (QED) is 0.814. The summed E-state index contributed by atoms with van der Waals surface area (Å²) < 4.78 is 5.55. The smallest absolute Gasteiger partial charge is 0.251 e. The van der Waals surface area contributed by atoms with Gasteiger partial charge < -0.3 is 10.1 Å². The number of hydrogen-bond donors (Lipinski definition) is 1. The van der Waals surface area contributed by atoms with E-state index in [9.17, 15) is 4.79 Å². The Morgan fingerprint density at radius 2 is 2.00 bits per heavy atom. The third-order valence-electron chi connectivity index (χ3n) is 3.08. The number of rotatable bonds is 6. The molecule has 1 unspecified atom stereocenters. The largest absolute Gasteiger partial charge is 0.491 e. The molecule has 1 N–H and O–H groups in total. The maximum atomic E-state index is 12.0. The van der Waals surface area contributed by atoms with Crippen LogP contribution in [0.25, 0.3) is 0 Å². The first-order valence-electron chi connectivity index (χ1n) is 6.75. The molecule has 0 spiro atoms. The van der Waals surface area contributed by atoms with Crippen LogP contribution in [0.5, 0.6) is 5.75 Å². The highest BCUT2D eigenvalue weighted by Gasteiger charge is 2.29. The zero-order valence-corrected chi connectivity index (χ0v) is 12.9. The van der Waals surface area contributed by atoms with Gasteiger partial charge in [0, 0.05) is 16.9 Å². The van der Waals surface area contributed by atoms with Crippen LogP contribution in [0.3, 0.4) is 0 Å². The standard InChI is InChI=1S/C15H20BrNO2/c1-10(2)19-13-7-5-12(6-8-13)15(18)17-9-14(16)11-3-4-11/h5-8,10-11,14H,3-4,9H2,1-2H3,(H,17,18). The second-order valence-corrected chi connectivity index (χ2v) is 6.43. The fourth-order valence-corrected chi connectivity index (χ4v) is 2.56. The number of alkyl halides is 1. The van der Waals surface area contributed by atoms with Crippen LogP contribution >= 0.6 is 15.9 Å². The molecule has 4 heteroatoms. The van der Waals surface area contributed by atoms with Crippen molar-refractivity contribution < 1.29 is 9.53 Å². The number of benzene rings is 1. The third kappa shape index (κ3) is 4.53. The van der Waals surface area contributed by atoms with Crippen LogP contribution in [-0.2, 0) is 0 Å². The van der Waals surface area contributed by atoms with E-state index in [1.54, 1.807) is 12.1 Å². The molecule has 1 fully saturated rings. The van der Waals surface area contributed by atoms with E-state index in [-0.39, 0.29) is 12.0 Å². The second-order valence-electron chi connectivity index (χ2n) is 5.25. The van der Waals surface area contributed by atoms with Crippen LogP contribution in [0.2, 0.25) is 0 Å². The summed E-state index contributed by atoms with van der Waals surface area (Å²) >= 11 is 3.61. The highest BCUT2D eigenvalue weighted by molar-refractivity contribution is 9.09. The van der Waals surface area contributed by atoms with Crippen molar-refractivity contribution in [3.8, 4) is 5.75 Å². The fraction of sp³-hybridized carbons (Fsp3) is 0.533. The summed E-state index contributed by atoms with van der Waals surface area (Å²) in [7, 11) is 0. The van der Waals surface area contributed by atoms with E-state index in [2.05, 4.69) is 21.2 Å². The van der Waals surface area contributed by atoms with Gasteiger partial charge in [-0.3, -0.25) is 4.79 Å². The Morgan fingerprint density at radius 3 is 2.53 bits per heavy atom. The topological polar surface area (TPSA) is 38.3 Å². The molecule has 19 heavy (non-hydrogen) atoms. The molecule has 2 rings (SSSR count). The summed E-state index contributed by atoms with van der Waals surface area (Å²) in [6, 6.07) is 7.27. The minimum absolute atomic E-state index is 0.0267. The summed E-state index contributed by atoms with van der Waals surface area (Å²) in [5.74, 6) is 1.51. The maximum Gasteiger partial charge on any atom is 0.251 e. The lowest BCUT2D eigenvalue weighted by Gasteiger charge is -2.11. The first kappa shape index (κ1) is 14.4. The second kappa shape index (κ2) is 6.42. The number of amides is 1. The number of halogens is 1. The van der Waals surface area contributed by atoms with Gasteiger partial charge in [-0.15, -0.1) is 0 Å². The third-order valence-corrected chi connectivity index (χ3v) is 4.15. The van der Waals surface area contributed by atoms with Crippen molar-refractivity contribution in [3.63, 3.8) is 0 Å². The Kier molecular flexibility index (Phi) is 4.86. The van der Waals surface area contributed by atoms with Gasteiger partial charge in [-0.25, -0.2) is 0 Å². The average Bonchev–Trinajstić information content (AvgIpc) is 3.20. The van der Waals surface area contributed by atoms with Crippen LogP contribution in [0.1, 0.15) is 37.0 Å². The van der Waals surface area contributed by atoms with E-state index in [4.69, 9.17) is 4.74 Å². The molecular formula is C15H20BrNO2. The van der Waals surface area contributed by atoms with Gasteiger partial charge in [-0.1, -0.05) is 15.9 Å². The number of carbonyl (C=O) groups excluding carboxylic acids is 1.